The summed E-state index contributed by atoms with van der Waals surface area (Å²) in [4.78, 5) is 2.49. The van der Waals surface area contributed by atoms with Crippen molar-refractivity contribution in [3.63, 3.8) is 0 Å². The van der Waals surface area contributed by atoms with Gasteiger partial charge in [0.05, 0.1) is 6.20 Å². The maximum atomic E-state index is 4.33. The van der Waals surface area contributed by atoms with E-state index in [1.807, 2.05) is 17.9 Å². The van der Waals surface area contributed by atoms with Crippen molar-refractivity contribution in [2.75, 3.05) is 26.2 Å². The van der Waals surface area contributed by atoms with E-state index in [0.717, 1.165) is 39.1 Å². The number of rotatable bonds is 3. The molecule has 4 nitrogen and oxygen atoms in total. The fourth-order valence-corrected chi connectivity index (χ4v) is 2.21. The Labute approximate surface area is 91.3 Å². The second-order valence-corrected chi connectivity index (χ2v) is 4.12. The molecule has 1 fully saturated rings. The van der Waals surface area contributed by atoms with Crippen LogP contribution in [0.2, 0.25) is 0 Å². The van der Waals surface area contributed by atoms with E-state index in [9.17, 15) is 0 Å². The molecule has 0 spiro atoms. The molecule has 0 saturated carbocycles. The standard InChI is InChI=1S/C11H20N4/c1-3-11-10(8-13-14(11)2)9-15-6-4-12-5-7-15/h8,12H,3-7,9H2,1-2H3. The molecule has 2 rings (SSSR count). The van der Waals surface area contributed by atoms with Crippen LogP contribution in [-0.2, 0) is 20.0 Å². The van der Waals surface area contributed by atoms with Gasteiger partial charge in [-0.15, -0.1) is 0 Å². The van der Waals surface area contributed by atoms with E-state index < -0.39 is 0 Å². The van der Waals surface area contributed by atoms with Gasteiger partial charge in [0.2, 0.25) is 0 Å². The van der Waals surface area contributed by atoms with Gasteiger partial charge in [-0.1, -0.05) is 6.92 Å². The van der Waals surface area contributed by atoms with Gasteiger partial charge in [0.15, 0.2) is 0 Å². The predicted molar refractivity (Wildman–Crippen MR) is 60.7 cm³/mol. The molecule has 0 bridgehead atoms. The van der Waals surface area contributed by atoms with Crippen molar-refractivity contribution in [1.29, 1.82) is 0 Å². The summed E-state index contributed by atoms with van der Waals surface area (Å²) < 4.78 is 2.00. The van der Waals surface area contributed by atoms with E-state index in [4.69, 9.17) is 0 Å². The van der Waals surface area contributed by atoms with Crippen LogP contribution in [0.1, 0.15) is 18.2 Å². The molecule has 1 aliphatic heterocycles. The number of aryl methyl sites for hydroxylation is 1. The highest BCUT2D eigenvalue weighted by Crippen LogP contribution is 2.11. The molecule has 15 heavy (non-hydrogen) atoms. The molecule has 0 atom stereocenters. The molecule has 0 aromatic carbocycles. The van der Waals surface area contributed by atoms with Crippen LogP contribution in [0.4, 0.5) is 0 Å². The van der Waals surface area contributed by atoms with Crippen LogP contribution < -0.4 is 5.32 Å². The first-order valence-corrected chi connectivity index (χ1v) is 5.74. The third kappa shape index (κ3) is 2.38. The van der Waals surface area contributed by atoms with Gasteiger partial charge in [-0.3, -0.25) is 9.58 Å². The van der Waals surface area contributed by atoms with Crippen molar-refractivity contribution in [3.05, 3.63) is 17.5 Å². The van der Waals surface area contributed by atoms with Crippen molar-refractivity contribution in [2.24, 2.45) is 7.05 Å². The number of aromatic nitrogens is 2. The van der Waals surface area contributed by atoms with Crippen molar-refractivity contribution < 1.29 is 0 Å². The molecule has 4 heteroatoms. The summed E-state index contributed by atoms with van der Waals surface area (Å²) in [7, 11) is 2.03. The second-order valence-electron chi connectivity index (χ2n) is 4.12. The largest absolute Gasteiger partial charge is 0.314 e. The van der Waals surface area contributed by atoms with E-state index >= 15 is 0 Å². The van der Waals surface area contributed by atoms with Gasteiger partial charge in [0.25, 0.3) is 0 Å². The molecular weight excluding hydrogens is 188 g/mol. The number of piperazine rings is 1. The van der Waals surface area contributed by atoms with Crippen LogP contribution in [-0.4, -0.2) is 40.9 Å². The summed E-state index contributed by atoms with van der Waals surface area (Å²) >= 11 is 0. The van der Waals surface area contributed by atoms with Gasteiger partial charge in [0, 0.05) is 51.0 Å². The zero-order chi connectivity index (χ0) is 10.7. The molecule has 0 radical (unpaired) electrons. The average molecular weight is 208 g/mol. The zero-order valence-electron chi connectivity index (χ0n) is 9.66. The molecular formula is C11H20N4. The lowest BCUT2D eigenvalue weighted by atomic mass is 10.2. The lowest BCUT2D eigenvalue weighted by Crippen LogP contribution is -2.42. The molecule has 1 N–H and O–H groups in total. The highest BCUT2D eigenvalue weighted by molar-refractivity contribution is 5.17. The minimum atomic E-state index is 1.05. The third-order valence-electron chi connectivity index (χ3n) is 3.09. The molecule has 1 aromatic heterocycles. The Hall–Kier alpha value is -0.870. The maximum Gasteiger partial charge on any atom is 0.0537 e. The number of hydrogen-bond acceptors (Lipinski definition) is 3. The smallest absolute Gasteiger partial charge is 0.0537 e. The summed E-state index contributed by atoms with van der Waals surface area (Å²) in [6, 6.07) is 0. The lowest BCUT2D eigenvalue weighted by Gasteiger charge is -2.27. The molecule has 84 valence electrons. The minimum absolute atomic E-state index is 1.05. The average Bonchev–Trinajstić information content (AvgIpc) is 2.61. The van der Waals surface area contributed by atoms with Gasteiger partial charge in [-0.05, 0) is 6.42 Å². The first-order chi connectivity index (χ1) is 7.31. The summed E-state index contributed by atoms with van der Waals surface area (Å²) in [5.74, 6) is 0. The Morgan fingerprint density at radius 2 is 2.13 bits per heavy atom. The monoisotopic (exact) mass is 208 g/mol. The quantitative estimate of drug-likeness (QED) is 0.780. The third-order valence-corrected chi connectivity index (χ3v) is 3.09. The summed E-state index contributed by atoms with van der Waals surface area (Å²) in [5.41, 5.74) is 2.76. The topological polar surface area (TPSA) is 33.1 Å². The highest BCUT2D eigenvalue weighted by Gasteiger charge is 2.13. The van der Waals surface area contributed by atoms with E-state index in [0.29, 0.717) is 0 Å². The normalized spacial score (nSPS) is 18.3. The number of nitrogens with zero attached hydrogens (tertiary/aromatic N) is 3. The van der Waals surface area contributed by atoms with Crippen LogP contribution in [0.15, 0.2) is 6.20 Å². The van der Waals surface area contributed by atoms with E-state index in [1.165, 1.54) is 11.3 Å². The molecule has 0 amide bonds. The van der Waals surface area contributed by atoms with Crippen LogP contribution >= 0.6 is 0 Å². The molecule has 1 aromatic rings. The Morgan fingerprint density at radius 1 is 1.40 bits per heavy atom. The van der Waals surface area contributed by atoms with Gasteiger partial charge in [-0.25, -0.2) is 0 Å². The van der Waals surface area contributed by atoms with Crippen LogP contribution in [0, 0.1) is 0 Å². The molecule has 1 aliphatic rings. The molecule has 0 aliphatic carbocycles. The first kappa shape index (κ1) is 10.6. The first-order valence-electron chi connectivity index (χ1n) is 5.74. The highest BCUT2D eigenvalue weighted by atomic mass is 15.3. The summed E-state index contributed by atoms with van der Waals surface area (Å²) in [5, 5.41) is 7.70. The van der Waals surface area contributed by atoms with Gasteiger partial charge in [-0.2, -0.15) is 5.10 Å². The van der Waals surface area contributed by atoms with Gasteiger partial charge < -0.3 is 5.32 Å². The summed E-state index contributed by atoms with van der Waals surface area (Å²) in [6.45, 7) is 7.77. The van der Waals surface area contributed by atoms with Gasteiger partial charge in [0.1, 0.15) is 0 Å². The predicted octanol–water partition coefficient (Wildman–Crippen LogP) is 0.388. The zero-order valence-corrected chi connectivity index (χ0v) is 9.66. The fraction of sp³-hybridized carbons (Fsp3) is 0.727. The van der Waals surface area contributed by atoms with Crippen molar-refractivity contribution in [3.8, 4) is 0 Å². The molecule has 1 saturated heterocycles. The van der Waals surface area contributed by atoms with E-state index in [-0.39, 0.29) is 0 Å². The van der Waals surface area contributed by atoms with Crippen molar-refractivity contribution in [1.82, 2.24) is 20.0 Å². The number of hydrogen-bond donors (Lipinski definition) is 1. The molecule has 0 unspecified atom stereocenters. The Bertz CT molecular complexity index is 312. The second kappa shape index (κ2) is 4.77. The van der Waals surface area contributed by atoms with E-state index in [2.05, 4.69) is 22.2 Å². The number of nitrogens with one attached hydrogen (secondary N) is 1. The van der Waals surface area contributed by atoms with Crippen LogP contribution in [0.25, 0.3) is 0 Å². The molecule has 2 heterocycles. The van der Waals surface area contributed by atoms with Crippen LogP contribution in [0.3, 0.4) is 0 Å². The van der Waals surface area contributed by atoms with Gasteiger partial charge >= 0.3 is 0 Å². The maximum absolute atomic E-state index is 4.33. The Morgan fingerprint density at radius 3 is 2.80 bits per heavy atom. The van der Waals surface area contributed by atoms with Crippen molar-refractivity contribution in [2.45, 2.75) is 19.9 Å². The summed E-state index contributed by atoms with van der Waals surface area (Å²) in [6.07, 6.45) is 3.08. The lowest BCUT2D eigenvalue weighted by molar-refractivity contribution is 0.232. The fourth-order valence-electron chi connectivity index (χ4n) is 2.21. The SMILES string of the molecule is CCc1c(CN2CCNCC2)cnn1C. The minimum Gasteiger partial charge on any atom is -0.314 e. The Kier molecular flexibility index (Phi) is 3.38. The van der Waals surface area contributed by atoms with Crippen LogP contribution in [0.5, 0.6) is 0 Å². The van der Waals surface area contributed by atoms with E-state index in [1.54, 1.807) is 0 Å². The van der Waals surface area contributed by atoms with Crippen molar-refractivity contribution >= 4 is 0 Å². The Balaban J connectivity index is 2.02.